The Labute approximate surface area is 112 Å². The number of hydrogen-bond acceptors (Lipinski definition) is 3. The highest BCUT2D eigenvalue weighted by Crippen LogP contribution is 2.48. The van der Waals surface area contributed by atoms with E-state index in [4.69, 9.17) is 0 Å². The SMILES string of the molecule is CCC1(C)CC(CCC=O)C(C)C(C)(CC)N1O. The molecule has 4 unspecified atom stereocenters. The van der Waals surface area contributed by atoms with Gasteiger partial charge in [0.2, 0.25) is 0 Å². The number of carbonyl (C=O) groups is 1. The van der Waals surface area contributed by atoms with Crippen LogP contribution in [-0.2, 0) is 4.79 Å². The molecule has 0 bridgehead atoms. The number of aldehydes is 1. The Morgan fingerprint density at radius 1 is 1.33 bits per heavy atom. The molecule has 0 aliphatic carbocycles. The summed E-state index contributed by atoms with van der Waals surface area (Å²) in [7, 11) is 0. The third-order valence-electron chi connectivity index (χ3n) is 5.52. The predicted molar refractivity (Wildman–Crippen MR) is 73.6 cm³/mol. The van der Waals surface area contributed by atoms with Gasteiger partial charge >= 0.3 is 0 Å². The third-order valence-corrected chi connectivity index (χ3v) is 5.52. The molecule has 1 heterocycles. The zero-order chi connectivity index (χ0) is 14.0. The van der Waals surface area contributed by atoms with E-state index < -0.39 is 0 Å². The van der Waals surface area contributed by atoms with Gasteiger partial charge in [0.1, 0.15) is 6.29 Å². The van der Waals surface area contributed by atoms with Crippen molar-refractivity contribution < 1.29 is 10.0 Å². The molecule has 106 valence electrons. The van der Waals surface area contributed by atoms with Gasteiger partial charge in [-0.1, -0.05) is 20.8 Å². The zero-order valence-electron chi connectivity index (χ0n) is 12.6. The van der Waals surface area contributed by atoms with E-state index in [2.05, 4.69) is 34.6 Å². The Hall–Kier alpha value is -0.410. The molecule has 0 spiro atoms. The molecule has 1 N–H and O–H groups in total. The quantitative estimate of drug-likeness (QED) is 0.762. The third kappa shape index (κ3) is 2.48. The Balaban J connectivity index is 3.01. The highest BCUT2D eigenvalue weighted by Gasteiger charge is 2.52. The van der Waals surface area contributed by atoms with Gasteiger partial charge < -0.3 is 10.0 Å². The minimum absolute atomic E-state index is 0.162. The van der Waals surface area contributed by atoms with Gasteiger partial charge in [0.15, 0.2) is 0 Å². The van der Waals surface area contributed by atoms with Crippen molar-refractivity contribution in [3.63, 3.8) is 0 Å². The molecule has 0 saturated carbocycles. The molecular weight excluding hydrogens is 226 g/mol. The van der Waals surface area contributed by atoms with Crippen LogP contribution in [-0.4, -0.2) is 27.6 Å². The summed E-state index contributed by atoms with van der Waals surface area (Å²) in [6.07, 6.45) is 5.44. The molecule has 1 aliphatic rings. The van der Waals surface area contributed by atoms with Gasteiger partial charge in [-0.3, -0.25) is 0 Å². The van der Waals surface area contributed by atoms with Crippen LogP contribution in [0.1, 0.15) is 66.7 Å². The molecule has 3 heteroatoms. The summed E-state index contributed by atoms with van der Waals surface area (Å²) in [6, 6.07) is 0. The molecule has 0 amide bonds. The van der Waals surface area contributed by atoms with E-state index in [-0.39, 0.29) is 11.1 Å². The van der Waals surface area contributed by atoms with Gasteiger partial charge in [-0.2, -0.15) is 5.06 Å². The molecule has 1 fully saturated rings. The van der Waals surface area contributed by atoms with Crippen LogP contribution in [0.3, 0.4) is 0 Å². The standard InChI is InChI=1S/C15H29NO2/c1-6-14(4)11-13(9-8-10-17)12(3)15(5,7-2)16(14)18/h10,12-13,18H,6-9,11H2,1-5H3. The highest BCUT2D eigenvalue weighted by atomic mass is 16.5. The summed E-state index contributed by atoms with van der Waals surface area (Å²) in [4.78, 5) is 10.6. The molecule has 3 nitrogen and oxygen atoms in total. The fourth-order valence-electron chi connectivity index (χ4n) is 3.55. The van der Waals surface area contributed by atoms with Gasteiger partial charge in [0, 0.05) is 17.5 Å². The molecule has 1 rings (SSSR count). The lowest BCUT2D eigenvalue weighted by molar-refractivity contribution is -0.280. The van der Waals surface area contributed by atoms with E-state index in [0.717, 1.165) is 32.0 Å². The topological polar surface area (TPSA) is 40.5 Å². The lowest BCUT2D eigenvalue weighted by Gasteiger charge is -2.57. The van der Waals surface area contributed by atoms with Crippen molar-refractivity contribution in [2.75, 3.05) is 0 Å². The Morgan fingerprint density at radius 3 is 2.39 bits per heavy atom. The van der Waals surface area contributed by atoms with Crippen molar-refractivity contribution in [2.24, 2.45) is 11.8 Å². The number of piperidine rings is 1. The number of carbonyl (C=O) groups excluding carboxylic acids is 1. The molecule has 0 aromatic rings. The van der Waals surface area contributed by atoms with Crippen LogP contribution in [0.25, 0.3) is 0 Å². The highest BCUT2D eigenvalue weighted by molar-refractivity contribution is 5.49. The second-order valence-corrected chi connectivity index (χ2v) is 6.37. The van der Waals surface area contributed by atoms with Gasteiger partial charge in [0.05, 0.1) is 0 Å². The van der Waals surface area contributed by atoms with E-state index in [1.807, 2.05) is 0 Å². The smallest absolute Gasteiger partial charge is 0.120 e. The summed E-state index contributed by atoms with van der Waals surface area (Å²) in [5, 5.41) is 12.2. The lowest BCUT2D eigenvalue weighted by atomic mass is 9.64. The average Bonchev–Trinajstić information content (AvgIpc) is 2.39. The molecule has 1 aliphatic heterocycles. The van der Waals surface area contributed by atoms with Crippen molar-refractivity contribution in [3.8, 4) is 0 Å². The molecular formula is C15H29NO2. The van der Waals surface area contributed by atoms with Gasteiger partial charge in [-0.15, -0.1) is 0 Å². The van der Waals surface area contributed by atoms with Crippen LogP contribution in [0.2, 0.25) is 0 Å². The first-order valence-corrected chi connectivity index (χ1v) is 7.28. The fourth-order valence-corrected chi connectivity index (χ4v) is 3.55. The molecule has 4 atom stereocenters. The van der Waals surface area contributed by atoms with E-state index in [1.54, 1.807) is 5.06 Å². The summed E-state index contributed by atoms with van der Waals surface area (Å²) in [5.74, 6) is 0.931. The minimum atomic E-state index is -0.184. The van der Waals surface area contributed by atoms with E-state index in [9.17, 15) is 10.0 Å². The van der Waals surface area contributed by atoms with Crippen molar-refractivity contribution >= 4 is 6.29 Å². The van der Waals surface area contributed by atoms with E-state index in [1.165, 1.54) is 0 Å². The second-order valence-electron chi connectivity index (χ2n) is 6.37. The number of hydroxylamine groups is 2. The van der Waals surface area contributed by atoms with Crippen LogP contribution in [0, 0.1) is 11.8 Å². The van der Waals surface area contributed by atoms with Crippen molar-refractivity contribution in [1.82, 2.24) is 5.06 Å². The maximum atomic E-state index is 10.6. The van der Waals surface area contributed by atoms with Gasteiger partial charge in [-0.25, -0.2) is 0 Å². The van der Waals surface area contributed by atoms with Crippen molar-refractivity contribution in [3.05, 3.63) is 0 Å². The first-order chi connectivity index (χ1) is 8.35. The van der Waals surface area contributed by atoms with Crippen LogP contribution in [0.5, 0.6) is 0 Å². The van der Waals surface area contributed by atoms with Crippen LogP contribution in [0.4, 0.5) is 0 Å². The Bertz CT molecular complexity index is 294. The predicted octanol–water partition coefficient (Wildman–Crippen LogP) is 3.65. The van der Waals surface area contributed by atoms with Gasteiger partial charge in [0.25, 0.3) is 0 Å². The molecule has 1 saturated heterocycles. The summed E-state index contributed by atoms with van der Waals surface area (Å²) >= 11 is 0. The average molecular weight is 255 g/mol. The molecule has 0 radical (unpaired) electrons. The first-order valence-electron chi connectivity index (χ1n) is 7.28. The molecule has 0 aromatic heterocycles. The number of rotatable bonds is 5. The maximum Gasteiger partial charge on any atom is 0.120 e. The van der Waals surface area contributed by atoms with Gasteiger partial charge in [-0.05, 0) is 51.4 Å². The first kappa shape index (κ1) is 15.6. The fraction of sp³-hybridized carbons (Fsp3) is 0.933. The van der Waals surface area contributed by atoms with E-state index in [0.29, 0.717) is 18.3 Å². The minimum Gasteiger partial charge on any atom is -0.313 e. The van der Waals surface area contributed by atoms with Crippen molar-refractivity contribution in [1.29, 1.82) is 0 Å². The zero-order valence-corrected chi connectivity index (χ0v) is 12.6. The summed E-state index contributed by atoms with van der Waals surface area (Å²) in [5.41, 5.74) is -0.346. The second kappa shape index (κ2) is 5.70. The lowest BCUT2D eigenvalue weighted by Crippen LogP contribution is -2.65. The number of hydrogen-bond donors (Lipinski definition) is 1. The van der Waals surface area contributed by atoms with E-state index >= 15 is 0 Å². The Morgan fingerprint density at radius 2 is 1.94 bits per heavy atom. The molecule has 0 aromatic carbocycles. The van der Waals surface area contributed by atoms with Crippen molar-refractivity contribution in [2.45, 2.75) is 77.8 Å². The monoisotopic (exact) mass is 255 g/mol. The summed E-state index contributed by atoms with van der Waals surface area (Å²) in [6.45, 7) is 10.8. The largest absolute Gasteiger partial charge is 0.313 e. The Kier molecular flexibility index (Phi) is 4.96. The maximum absolute atomic E-state index is 10.6. The summed E-state index contributed by atoms with van der Waals surface area (Å²) < 4.78 is 0. The normalized spacial score (nSPS) is 41.9. The molecule has 18 heavy (non-hydrogen) atoms. The number of nitrogens with zero attached hydrogens (tertiary/aromatic N) is 1. The van der Waals surface area contributed by atoms with Crippen LogP contribution in [0.15, 0.2) is 0 Å². The van der Waals surface area contributed by atoms with Crippen LogP contribution < -0.4 is 0 Å². The van der Waals surface area contributed by atoms with Crippen LogP contribution >= 0.6 is 0 Å².